The van der Waals surface area contributed by atoms with E-state index < -0.39 is 22.5 Å². The Labute approximate surface area is 251 Å². The van der Waals surface area contributed by atoms with Gasteiger partial charge in [0.15, 0.2) is 0 Å². The fourth-order valence-corrected chi connectivity index (χ4v) is 5.69. The van der Waals surface area contributed by atoms with Gasteiger partial charge in [-0.2, -0.15) is 9.41 Å². The zero-order valence-corrected chi connectivity index (χ0v) is 24.9. The number of rotatable bonds is 11. The van der Waals surface area contributed by atoms with Crippen LogP contribution in [0.2, 0.25) is 10.0 Å². The Morgan fingerprint density at radius 1 is 0.950 bits per heavy atom. The molecule has 1 amide bonds. The summed E-state index contributed by atoms with van der Waals surface area (Å²) < 4.78 is 34.4. The average Bonchev–Trinajstić information content (AvgIpc) is 2.94. The highest BCUT2D eigenvalue weighted by molar-refractivity contribution is 9.10. The standard InChI is InChI=1S/C29H24BrCl2N3O4S/c30-24-9-14-27(15-10-24)40(37,38)35(18-23-8-11-25(31)16-28(23)32)19-29(36)34-33-17-21-6-12-26(13-7-21)39-20-22-4-2-1-3-5-22/h1-17H,18-20H2,(H,34,36)/b33-17+. The van der Waals surface area contributed by atoms with Crippen LogP contribution in [0.15, 0.2) is 112 Å². The van der Waals surface area contributed by atoms with Crippen LogP contribution in [0.1, 0.15) is 16.7 Å². The molecule has 4 aromatic carbocycles. The Morgan fingerprint density at radius 3 is 2.33 bits per heavy atom. The van der Waals surface area contributed by atoms with Gasteiger partial charge in [-0.1, -0.05) is 75.5 Å². The molecule has 40 heavy (non-hydrogen) atoms. The maximum atomic E-state index is 13.4. The molecule has 0 aromatic heterocycles. The van der Waals surface area contributed by atoms with Crippen molar-refractivity contribution in [3.63, 3.8) is 0 Å². The fraction of sp³-hybridized carbons (Fsp3) is 0.103. The van der Waals surface area contributed by atoms with Gasteiger partial charge in [0.25, 0.3) is 5.91 Å². The van der Waals surface area contributed by atoms with Crippen LogP contribution in [0.3, 0.4) is 0 Å². The predicted octanol–water partition coefficient (Wildman–Crippen LogP) is 6.68. The number of halogens is 3. The average molecular weight is 661 g/mol. The number of benzene rings is 4. The Balaban J connectivity index is 1.41. The quantitative estimate of drug-likeness (QED) is 0.144. The summed E-state index contributed by atoms with van der Waals surface area (Å²) in [5.41, 5.74) is 4.68. The Morgan fingerprint density at radius 2 is 1.65 bits per heavy atom. The monoisotopic (exact) mass is 659 g/mol. The molecule has 0 fully saturated rings. The lowest BCUT2D eigenvalue weighted by Gasteiger charge is -2.22. The number of hydrazone groups is 1. The van der Waals surface area contributed by atoms with Crippen molar-refractivity contribution in [2.45, 2.75) is 18.0 Å². The molecule has 7 nitrogen and oxygen atoms in total. The highest BCUT2D eigenvalue weighted by atomic mass is 79.9. The van der Waals surface area contributed by atoms with E-state index in [0.717, 1.165) is 19.9 Å². The molecule has 0 aliphatic rings. The number of nitrogens with zero attached hydrogens (tertiary/aromatic N) is 2. The zero-order chi connectivity index (χ0) is 28.5. The normalized spacial score (nSPS) is 11.6. The summed E-state index contributed by atoms with van der Waals surface area (Å²) in [5, 5.41) is 4.69. The van der Waals surface area contributed by atoms with Gasteiger partial charge in [0.05, 0.1) is 17.7 Å². The van der Waals surface area contributed by atoms with Crippen molar-refractivity contribution in [3.05, 3.63) is 128 Å². The fourth-order valence-electron chi connectivity index (χ4n) is 3.59. The van der Waals surface area contributed by atoms with Gasteiger partial charge in [-0.25, -0.2) is 13.8 Å². The van der Waals surface area contributed by atoms with E-state index >= 15 is 0 Å². The van der Waals surface area contributed by atoms with E-state index in [1.165, 1.54) is 24.4 Å². The van der Waals surface area contributed by atoms with Gasteiger partial charge >= 0.3 is 0 Å². The van der Waals surface area contributed by atoms with Crippen LogP contribution in [0, 0.1) is 0 Å². The van der Waals surface area contributed by atoms with E-state index in [4.69, 9.17) is 27.9 Å². The molecule has 0 radical (unpaired) electrons. The van der Waals surface area contributed by atoms with Crippen molar-refractivity contribution in [1.82, 2.24) is 9.73 Å². The third kappa shape index (κ3) is 8.39. The number of amides is 1. The summed E-state index contributed by atoms with van der Waals surface area (Å²) in [4.78, 5) is 12.8. The minimum Gasteiger partial charge on any atom is -0.489 e. The highest BCUT2D eigenvalue weighted by Crippen LogP contribution is 2.26. The number of hydrogen-bond acceptors (Lipinski definition) is 5. The summed E-state index contributed by atoms with van der Waals surface area (Å²) >= 11 is 15.6. The predicted molar refractivity (Wildman–Crippen MR) is 161 cm³/mol. The first-order valence-corrected chi connectivity index (χ1v) is 15.0. The van der Waals surface area contributed by atoms with Crippen molar-refractivity contribution in [2.24, 2.45) is 5.10 Å². The topological polar surface area (TPSA) is 88.1 Å². The molecule has 11 heteroatoms. The molecular formula is C29H24BrCl2N3O4S. The Hall–Kier alpha value is -3.21. The van der Waals surface area contributed by atoms with E-state index in [2.05, 4.69) is 26.5 Å². The Bertz CT molecular complexity index is 1580. The highest BCUT2D eigenvalue weighted by Gasteiger charge is 2.27. The minimum absolute atomic E-state index is 0.0339. The van der Waals surface area contributed by atoms with Gasteiger partial charge in [0.1, 0.15) is 12.4 Å². The maximum Gasteiger partial charge on any atom is 0.255 e. The molecule has 206 valence electrons. The molecule has 0 heterocycles. The van der Waals surface area contributed by atoms with Gasteiger partial charge in [0.2, 0.25) is 10.0 Å². The summed E-state index contributed by atoms with van der Waals surface area (Å²) in [6, 6.07) is 27.9. The van der Waals surface area contributed by atoms with Crippen LogP contribution < -0.4 is 10.2 Å². The molecule has 0 saturated heterocycles. The van der Waals surface area contributed by atoms with Gasteiger partial charge < -0.3 is 4.74 Å². The molecule has 0 unspecified atom stereocenters. The first-order chi connectivity index (χ1) is 19.2. The molecule has 1 N–H and O–H groups in total. The van der Waals surface area contributed by atoms with E-state index in [1.807, 2.05) is 30.3 Å². The van der Waals surface area contributed by atoms with Crippen LogP contribution >= 0.6 is 39.1 Å². The van der Waals surface area contributed by atoms with E-state index in [1.54, 1.807) is 48.5 Å². The van der Waals surface area contributed by atoms with Gasteiger partial charge in [0, 0.05) is 21.1 Å². The van der Waals surface area contributed by atoms with Crippen LogP contribution in [0.4, 0.5) is 0 Å². The smallest absolute Gasteiger partial charge is 0.255 e. The van der Waals surface area contributed by atoms with Crippen molar-refractivity contribution in [1.29, 1.82) is 0 Å². The number of carbonyl (C=O) groups is 1. The largest absolute Gasteiger partial charge is 0.489 e. The SMILES string of the molecule is O=C(CN(Cc1ccc(Cl)cc1Cl)S(=O)(=O)c1ccc(Br)cc1)N/N=C/c1ccc(OCc2ccccc2)cc1. The van der Waals surface area contributed by atoms with Crippen molar-refractivity contribution >= 4 is 61.3 Å². The molecule has 0 spiro atoms. The Kier molecular flexibility index (Phi) is 10.4. The molecule has 0 saturated carbocycles. The zero-order valence-electron chi connectivity index (χ0n) is 21.0. The third-order valence-electron chi connectivity index (χ3n) is 5.66. The van der Waals surface area contributed by atoms with Gasteiger partial charge in [-0.15, -0.1) is 0 Å². The number of carbonyl (C=O) groups excluding carboxylic acids is 1. The summed E-state index contributed by atoms with van der Waals surface area (Å²) in [5.74, 6) is 0.0736. The van der Waals surface area contributed by atoms with Crippen molar-refractivity contribution in [2.75, 3.05) is 6.54 Å². The van der Waals surface area contributed by atoms with Crippen molar-refractivity contribution < 1.29 is 17.9 Å². The molecule has 0 aliphatic heterocycles. The second-order valence-corrected chi connectivity index (χ2v) is 12.3. The molecule has 0 atom stereocenters. The molecule has 0 aliphatic carbocycles. The summed E-state index contributed by atoms with van der Waals surface area (Å²) in [7, 11) is -4.05. The first-order valence-electron chi connectivity index (χ1n) is 12.0. The van der Waals surface area contributed by atoms with Gasteiger partial charge in [-0.3, -0.25) is 4.79 Å². The third-order valence-corrected chi connectivity index (χ3v) is 8.59. The number of nitrogens with one attached hydrogen (secondary N) is 1. The number of sulfonamides is 1. The number of ether oxygens (including phenoxy) is 1. The van der Waals surface area contributed by atoms with Crippen LogP contribution in [-0.4, -0.2) is 31.4 Å². The molecule has 4 aromatic rings. The lowest BCUT2D eigenvalue weighted by Crippen LogP contribution is -2.39. The van der Waals surface area contributed by atoms with Crippen LogP contribution in [-0.2, 0) is 28.0 Å². The first kappa shape index (κ1) is 29.8. The van der Waals surface area contributed by atoms with Crippen molar-refractivity contribution in [3.8, 4) is 5.75 Å². The second kappa shape index (κ2) is 13.9. The molecule has 4 rings (SSSR count). The lowest BCUT2D eigenvalue weighted by molar-refractivity contribution is -0.121. The van der Waals surface area contributed by atoms with E-state index in [-0.39, 0.29) is 16.5 Å². The minimum atomic E-state index is -4.05. The van der Waals surface area contributed by atoms with E-state index in [9.17, 15) is 13.2 Å². The van der Waals surface area contributed by atoms with Crippen LogP contribution in [0.25, 0.3) is 0 Å². The molecular weight excluding hydrogens is 637 g/mol. The van der Waals surface area contributed by atoms with Crippen LogP contribution in [0.5, 0.6) is 5.75 Å². The van der Waals surface area contributed by atoms with Gasteiger partial charge in [-0.05, 0) is 77.4 Å². The summed E-state index contributed by atoms with van der Waals surface area (Å²) in [6.07, 6.45) is 1.46. The lowest BCUT2D eigenvalue weighted by atomic mass is 10.2. The summed E-state index contributed by atoms with van der Waals surface area (Å²) in [6.45, 7) is -0.178. The van der Waals surface area contributed by atoms with E-state index in [0.29, 0.717) is 22.9 Å². The maximum absolute atomic E-state index is 13.4. The second-order valence-electron chi connectivity index (χ2n) is 8.60. The molecule has 0 bridgehead atoms. The number of hydrogen-bond donors (Lipinski definition) is 1.